The summed E-state index contributed by atoms with van der Waals surface area (Å²) in [5.41, 5.74) is -0.762. The van der Waals surface area contributed by atoms with Crippen LogP contribution < -0.4 is 10.6 Å². The zero-order valence-corrected chi connectivity index (χ0v) is 16.4. The summed E-state index contributed by atoms with van der Waals surface area (Å²) >= 11 is 0. The van der Waals surface area contributed by atoms with Crippen molar-refractivity contribution in [3.8, 4) is 0 Å². The van der Waals surface area contributed by atoms with Gasteiger partial charge in [-0.05, 0) is 36.4 Å². The molecule has 4 aromatic rings. The van der Waals surface area contributed by atoms with Crippen LogP contribution in [-0.4, -0.2) is 25.1 Å². The third-order valence-corrected chi connectivity index (χ3v) is 4.63. The van der Waals surface area contributed by atoms with Gasteiger partial charge in [0.05, 0.1) is 11.8 Å². The van der Waals surface area contributed by atoms with E-state index in [0.29, 0.717) is 17.2 Å². The summed E-state index contributed by atoms with van der Waals surface area (Å²) in [5.74, 6) is -0.392. The van der Waals surface area contributed by atoms with E-state index in [1.807, 2.05) is 0 Å². The standard InChI is InChI=1S/C20H15F5N6O/c1-30-17(18(21)22)13(9-26-30)19(32)28-12-7-5-11(6-8-12)27-15-3-2-4-16-29-14(10-31(15)16)20(23,24)25/h2-10,18,27H,1H3,(H,28,32). The van der Waals surface area contributed by atoms with Crippen molar-refractivity contribution in [1.29, 1.82) is 0 Å². The van der Waals surface area contributed by atoms with Crippen molar-refractivity contribution >= 4 is 28.7 Å². The summed E-state index contributed by atoms with van der Waals surface area (Å²) in [7, 11) is 1.32. The maximum absolute atomic E-state index is 13.1. The lowest BCUT2D eigenvalue weighted by Crippen LogP contribution is -2.14. The number of nitrogens with zero attached hydrogens (tertiary/aromatic N) is 4. The van der Waals surface area contributed by atoms with E-state index in [9.17, 15) is 26.7 Å². The Hall–Kier alpha value is -3.96. The molecule has 0 radical (unpaired) electrons. The fraction of sp³-hybridized carbons (Fsp3) is 0.150. The second kappa shape index (κ2) is 7.94. The van der Waals surface area contributed by atoms with Crippen LogP contribution in [0.15, 0.2) is 54.9 Å². The van der Waals surface area contributed by atoms with Crippen molar-refractivity contribution in [3.63, 3.8) is 0 Å². The second-order valence-corrected chi connectivity index (χ2v) is 6.79. The number of nitrogens with one attached hydrogen (secondary N) is 2. The fourth-order valence-corrected chi connectivity index (χ4v) is 3.11. The minimum absolute atomic E-state index is 0.123. The number of hydrogen-bond acceptors (Lipinski definition) is 4. The first-order chi connectivity index (χ1) is 15.1. The summed E-state index contributed by atoms with van der Waals surface area (Å²) in [5, 5.41) is 9.19. The molecule has 0 saturated carbocycles. The summed E-state index contributed by atoms with van der Waals surface area (Å²) < 4.78 is 67.3. The predicted molar refractivity (Wildman–Crippen MR) is 106 cm³/mol. The number of alkyl halides is 5. The van der Waals surface area contributed by atoms with E-state index in [2.05, 4.69) is 20.7 Å². The number of rotatable bonds is 5. The topological polar surface area (TPSA) is 76.2 Å². The molecule has 32 heavy (non-hydrogen) atoms. The minimum atomic E-state index is -4.57. The molecule has 0 spiro atoms. The van der Waals surface area contributed by atoms with Crippen molar-refractivity contribution in [3.05, 3.63) is 71.8 Å². The lowest BCUT2D eigenvalue weighted by Gasteiger charge is -2.10. The van der Waals surface area contributed by atoms with Crippen molar-refractivity contribution in [2.24, 2.45) is 7.05 Å². The molecule has 7 nitrogen and oxygen atoms in total. The van der Waals surface area contributed by atoms with E-state index in [1.54, 1.807) is 24.3 Å². The normalized spacial score (nSPS) is 11.8. The molecule has 1 amide bonds. The van der Waals surface area contributed by atoms with Crippen LogP contribution in [0.2, 0.25) is 0 Å². The first kappa shape index (κ1) is 21.3. The Bertz CT molecular complexity index is 1280. The molecular weight excluding hydrogens is 435 g/mol. The summed E-state index contributed by atoms with van der Waals surface area (Å²) in [6.45, 7) is 0. The molecule has 166 valence electrons. The molecule has 4 rings (SSSR count). The molecule has 2 N–H and O–H groups in total. The Balaban J connectivity index is 1.51. The van der Waals surface area contributed by atoms with E-state index in [-0.39, 0.29) is 11.2 Å². The molecule has 0 aliphatic rings. The number of amides is 1. The molecule has 12 heteroatoms. The third kappa shape index (κ3) is 4.11. The highest BCUT2D eigenvalue weighted by atomic mass is 19.4. The Kier molecular flexibility index (Phi) is 5.28. The maximum Gasteiger partial charge on any atom is 0.434 e. The SMILES string of the molecule is Cn1ncc(C(=O)Nc2ccc(Nc3cccc4nc(C(F)(F)F)cn34)cc2)c1C(F)F. The van der Waals surface area contributed by atoms with Crippen LogP contribution in [0.1, 0.15) is 28.2 Å². The third-order valence-electron chi connectivity index (χ3n) is 4.63. The number of halogens is 5. The van der Waals surface area contributed by atoms with Gasteiger partial charge in [-0.3, -0.25) is 13.9 Å². The van der Waals surface area contributed by atoms with Crippen LogP contribution in [0.5, 0.6) is 0 Å². The van der Waals surface area contributed by atoms with E-state index >= 15 is 0 Å². The highest BCUT2D eigenvalue weighted by Gasteiger charge is 2.34. The van der Waals surface area contributed by atoms with Gasteiger partial charge in [0.15, 0.2) is 5.69 Å². The van der Waals surface area contributed by atoms with Crippen molar-refractivity contribution in [2.45, 2.75) is 12.6 Å². The molecule has 0 unspecified atom stereocenters. The van der Waals surface area contributed by atoms with Crippen LogP contribution in [0.4, 0.5) is 39.1 Å². The maximum atomic E-state index is 13.1. The largest absolute Gasteiger partial charge is 0.434 e. The first-order valence-corrected chi connectivity index (χ1v) is 9.17. The van der Waals surface area contributed by atoms with Crippen LogP contribution in [0, 0.1) is 0 Å². The van der Waals surface area contributed by atoms with Crippen LogP contribution in [0.25, 0.3) is 5.65 Å². The zero-order valence-electron chi connectivity index (χ0n) is 16.4. The highest BCUT2D eigenvalue weighted by molar-refractivity contribution is 6.05. The van der Waals surface area contributed by atoms with Crippen LogP contribution in [-0.2, 0) is 13.2 Å². The molecule has 3 aromatic heterocycles. The number of carbonyl (C=O) groups is 1. The number of pyridine rings is 1. The van der Waals surface area contributed by atoms with Gasteiger partial charge in [0, 0.05) is 24.6 Å². The summed E-state index contributed by atoms with van der Waals surface area (Å²) in [6, 6.07) is 10.8. The molecule has 0 aliphatic heterocycles. The van der Waals surface area contributed by atoms with Crippen molar-refractivity contribution in [1.82, 2.24) is 19.2 Å². The molecule has 0 atom stereocenters. The number of aryl methyl sites for hydroxylation is 1. The average molecular weight is 450 g/mol. The number of imidazole rings is 1. The molecular formula is C20H15F5N6O. The lowest BCUT2D eigenvalue weighted by molar-refractivity contribution is -0.140. The van der Waals surface area contributed by atoms with Gasteiger partial charge in [0.2, 0.25) is 0 Å². The van der Waals surface area contributed by atoms with Gasteiger partial charge in [-0.1, -0.05) is 6.07 Å². The number of hydrogen-bond donors (Lipinski definition) is 2. The number of anilines is 3. The number of benzene rings is 1. The second-order valence-electron chi connectivity index (χ2n) is 6.79. The molecule has 1 aromatic carbocycles. The monoisotopic (exact) mass is 450 g/mol. The minimum Gasteiger partial charge on any atom is -0.341 e. The van der Waals surface area contributed by atoms with E-state index in [4.69, 9.17) is 0 Å². The number of aromatic nitrogens is 4. The van der Waals surface area contributed by atoms with Crippen LogP contribution >= 0.6 is 0 Å². The lowest BCUT2D eigenvalue weighted by atomic mass is 10.2. The quantitative estimate of drug-likeness (QED) is 0.419. The zero-order chi connectivity index (χ0) is 23.0. The Morgan fingerprint density at radius 1 is 1.06 bits per heavy atom. The van der Waals surface area contributed by atoms with Gasteiger partial charge in [-0.15, -0.1) is 0 Å². The van der Waals surface area contributed by atoms with Crippen molar-refractivity contribution in [2.75, 3.05) is 10.6 Å². The van der Waals surface area contributed by atoms with Gasteiger partial charge in [-0.2, -0.15) is 18.3 Å². The smallest absolute Gasteiger partial charge is 0.341 e. The first-order valence-electron chi connectivity index (χ1n) is 9.17. The highest BCUT2D eigenvalue weighted by Crippen LogP contribution is 2.30. The Morgan fingerprint density at radius 2 is 1.75 bits per heavy atom. The number of fused-ring (bicyclic) bond motifs is 1. The van der Waals surface area contributed by atoms with E-state index < -0.39 is 29.9 Å². The summed E-state index contributed by atoms with van der Waals surface area (Å²) in [4.78, 5) is 15.9. The Morgan fingerprint density at radius 3 is 2.41 bits per heavy atom. The van der Waals surface area contributed by atoms with E-state index in [1.165, 1.54) is 29.6 Å². The Labute approximate surface area is 177 Å². The average Bonchev–Trinajstić information content (AvgIpc) is 3.34. The van der Waals surface area contributed by atoms with Gasteiger partial charge in [-0.25, -0.2) is 13.8 Å². The van der Waals surface area contributed by atoms with E-state index in [0.717, 1.165) is 17.1 Å². The molecule has 0 bridgehead atoms. The fourth-order valence-electron chi connectivity index (χ4n) is 3.11. The van der Waals surface area contributed by atoms with Crippen LogP contribution in [0.3, 0.4) is 0 Å². The van der Waals surface area contributed by atoms with Gasteiger partial charge < -0.3 is 10.6 Å². The van der Waals surface area contributed by atoms with Gasteiger partial charge in [0.1, 0.15) is 17.2 Å². The van der Waals surface area contributed by atoms with Gasteiger partial charge in [0.25, 0.3) is 12.3 Å². The molecule has 0 saturated heterocycles. The molecule has 3 heterocycles. The molecule has 0 aliphatic carbocycles. The van der Waals surface area contributed by atoms with Gasteiger partial charge >= 0.3 is 6.18 Å². The summed E-state index contributed by atoms with van der Waals surface area (Å²) in [6.07, 6.45) is -5.48. The predicted octanol–water partition coefficient (Wildman–Crippen LogP) is 5.02. The molecule has 0 fully saturated rings. The number of carbonyl (C=O) groups excluding carboxylic acids is 1. The van der Waals surface area contributed by atoms with Crippen molar-refractivity contribution < 1.29 is 26.7 Å².